The normalized spacial score (nSPS) is 10.1. The number of benzene rings is 1. The third-order valence-corrected chi connectivity index (χ3v) is 3.03. The minimum absolute atomic E-state index is 0.121. The van der Waals surface area contributed by atoms with E-state index >= 15 is 0 Å². The van der Waals surface area contributed by atoms with Crippen molar-refractivity contribution in [1.82, 2.24) is 14.9 Å². The van der Waals surface area contributed by atoms with E-state index < -0.39 is 0 Å². The van der Waals surface area contributed by atoms with Crippen LogP contribution in [0.25, 0.3) is 0 Å². The Kier molecular flexibility index (Phi) is 5.13. The van der Waals surface area contributed by atoms with E-state index in [-0.39, 0.29) is 17.4 Å². The molecule has 2 rings (SSSR count). The maximum Gasteiger partial charge on any atom is 0.276 e. The molecule has 0 spiro atoms. The lowest BCUT2D eigenvalue weighted by molar-refractivity contribution is 0.0769. The van der Waals surface area contributed by atoms with Crippen LogP contribution in [0.5, 0.6) is 11.5 Å². The number of amides is 1. The average molecular weight is 302 g/mol. The highest BCUT2D eigenvalue weighted by Crippen LogP contribution is 2.16. The molecule has 7 nitrogen and oxygen atoms in total. The first-order valence-corrected chi connectivity index (χ1v) is 6.70. The first-order chi connectivity index (χ1) is 10.6. The molecule has 0 aliphatic heterocycles. The number of rotatable bonds is 6. The van der Waals surface area contributed by atoms with Gasteiger partial charge in [0.1, 0.15) is 18.1 Å². The summed E-state index contributed by atoms with van der Waals surface area (Å²) in [6.45, 7) is 0.760. The average Bonchev–Trinajstić information content (AvgIpc) is 2.55. The number of aromatic nitrogens is 2. The van der Waals surface area contributed by atoms with Crippen molar-refractivity contribution >= 4 is 11.7 Å². The second kappa shape index (κ2) is 7.26. The SMILES string of the molecule is COc1ccc(OCCN(C)C(=O)c2nccnc2N)cc1. The smallest absolute Gasteiger partial charge is 0.276 e. The Morgan fingerprint density at radius 3 is 2.45 bits per heavy atom. The summed E-state index contributed by atoms with van der Waals surface area (Å²) in [5, 5.41) is 0. The lowest BCUT2D eigenvalue weighted by Crippen LogP contribution is -2.32. The van der Waals surface area contributed by atoms with Gasteiger partial charge in [-0.15, -0.1) is 0 Å². The van der Waals surface area contributed by atoms with Gasteiger partial charge in [0.15, 0.2) is 11.5 Å². The predicted octanol–water partition coefficient (Wildman–Crippen LogP) is 1.22. The fraction of sp³-hybridized carbons (Fsp3) is 0.267. The van der Waals surface area contributed by atoms with Crippen molar-refractivity contribution in [3.8, 4) is 11.5 Å². The van der Waals surface area contributed by atoms with E-state index in [4.69, 9.17) is 15.2 Å². The highest BCUT2D eigenvalue weighted by atomic mass is 16.5. The van der Waals surface area contributed by atoms with Crippen LogP contribution in [-0.2, 0) is 0 Å². The minimum Gasteiger partial charge on any atom is -0.497 e. The van der Waals surface area contributed by atoms with Crippen LogP contribution in [0.1, 0.15) is 10.5 Å². The van der Waals surface area contributed by atoms with Crippen LogP contribution in [0.2, 0.25) is 0 Å². The van der Waals surface area contributed by atoms with Crippen LogP contribution in [0.15, 0.2) is 36.7 Å². The number of nitrogens with zero attached hydrogens (tertiary/aromatic N) is 3. The number of carbonyl (C=O) groups excluding carboxylic acids is 1. The molecule has 1 aromatic carbocycles. The number of hydrogen-bond donors (Lipinski definition) is 1. The van der Waals surface area contributed by atoms with E-state index in [1.54, 1.807) is 26.3 Å². The third kappa shape index (κ3) is 3.85. The van der Waals surface area contributed by atoms with Gasteiger partial charge in [-0.05, 0) is 24.3 Å². The van der Waals surface area contributed by atoms with Crippen molar-refractivity contribution in [2.24, 2.45) is 0 Å². The fourth-order valence-corrected chi connectivity index (χ4v) is 1.77. The monoisotopic (exact) mass is 302 g/mol. The molecular weight excluding hydrogens is 284 g/mol. The van der Waals surface area contributed by atoms with Gasteiger partial charge in [0.25, 0.3) is 5.91 Å². The highest BCUT2D eigenvalue weighted by molar-refractivity contribution is 5.96. The number of nitrogen functional groups attached to an aromatic ring is 1. The van der Waals surface area contributed by atoms with Crippen LogP contribution < -0.4 is 15.2 Å². The number of carbonyl (C=O) groups is 1. The van der Waals surface area contributed by atoms with Gasteiger partial charge in [0, 0.05) is 19.4 Å². The summed E-state index contributed by atoms with van der Waals surface area (Å²) in [7, 11) is 3.27. The molecule has 1 aromatic heterocycles. The van der Waals surface area contributed by atoms with Crippen LogP contribution in [0.3, 0.4) is 0 Å². The topological polar surface area (TPSA) is 90.6 Å². The molecule has 1 amide bonds. The third-order valence-electron chi connectivity index (χ3n) is 3.03. The Labute approximate surface area is 128 Å². The Balaban J connectivity index is 1.85. The highest BCUT2D eigenvalue weighted by Gasteiger charge is 2.16. The molecule has 0 aliphatic carbocycles. The fourth-order valence-electron chi connectivity index (χ4n) is 1.77. The molecule has 1 heterocycles. The molecule has 116 valence electrons. The number of hydrogen-bond acceptors (Lipinski definition) is 6. The van der Waals surface area contributed by atoms with E-state index in [1.165, 1.54) is 17.3 Å². The van der Waals surface area contributed by atoms with Gasteiger partial charge in [-0.2, -0.15) is 0 Å². The largest absolute Gasteiger partial charge is 0.497 e. The molecule has 0 atom stereocenters. The standard InChI is InChI=1S/C15H18N4O3/c1-19(15(20)13-14(16)18-8-7-17-13)9-10-22-12-5-3-11(21-2)4-6-12/h3-8H,9-10H2,1-2H3,(H2,16,18). The maximum absolute atomic E-state index is 12.2. The van der Waals surface area contributed by atoms with Gasteiger partial charge in [-0.3, -0.25) is 4.79 Å². The molecule has 0 saturated carbocycles. The van der Waals surface area contributed by atoms with E-state index in [0.717, 1.165) is 5.75 Å². The van der Waals surface area contributed by atoms with Crippen molar-refractivity contribution in [2.45, 2.75) is 0 Å². The summed E-state index contributed by atoms with van der Waals surface area (Å²) in [6, 6.07) is 7.23. The van der Waals surface area contributed by atoms with E-state index in [1.807, 2.05) is 12.1 Å². The van der Waals surface area contributed by atoms with Crippen molar-refractivity contribution in [3.63, 3.8) is 0 Å². The van der Waals surface area contributed by atoms with Gasteiger partial charge < -0.3 is 20.1 Å². The lowest BCUT2D eigenvalue weighted by Gasteiger charge is -2.17. The van der Waals surface area contributed by atoms with Crippen LogP contribution in [-0.4, -0.2) is 48.1 Å². The second-order valence-electron chi connectivity index (χ2n) is 4.54. The molecule has 7 heteroatoms. The van der Waals surface area contributed by atoms with Crippen molar-refractivity contribution in [2.75, 3.05) is 33.0 Å². The molecule has 0 radical (unpaired) electrons. The van der Waals surface area contributed by atoms with Crippen molar-refractivity contribution in [3.05, 3.63) is 42.4 Å². The minimum atomic E-state index is -0.288. The number of nitrogens with two attached hydrogens (primary N) is 1. The Bertz CT molecular complexity index is 631. The molecule has 0 fully saturated rings. The maximum atomic E-state index is 12.2. The summed E-state index contributed by atoms with van der Waals surface area (Å²) in [4.78, 5) is 21.5. The number of methoxy groups -OCH3 is 1. The molecule has 22 heavy (non-hydrogen) atoms. The van der Waals surface area contributed by atoms with Crippen LogP contribution in [0.4, 0.5) is 5.82 Å². The van der Waals surface area contributed by atoms with Crippen LogP contribution >= 0.6 is 0 Å². The number of ether oxygens (including phenoxy) is 2. The Hall–Kier alpha value is -2.83. The van der Waals surface area contributed by atoms with Crippen LogP contribution in [0, 0.1) is 0 Å². The van der Waals surface area contributed by atoms with E-state index in [0.29, 0.717) is 18.9 Å². The summed E-state index contributed by atoms with van der Waals surface area (Å²) in [5.41, 5.74) is 5.79. The van der Waals surface area contributed by atoms with Gasteiger partial charge >= 0.3 is 0 Å². The number of likely N-dealkylation sites (N-methyl/N-ethyl adjacent to an activating group) is 1. The zero-order valence-corrected chi connectivity index (χ0v) is 12.5. The molecule has 0 unspecified atom stereocenters. The van der Waals surface area contributed by atoms with Gasteiger partial charge in [0.05, 0.1) is 13.7 Å². The number of anilines is 1. The summed E-state index contributed by atoms with van der Waals surface area (Å²) in [6.07, 6.45) is 2.88. The van der Waals surface area contributed by atoms with E-state index in [9.17, 15) is 4.79 Å². The lowest BCUT2D eigenvalue weighted by atomic mass is 10.3. The Morgan fingerprint density at radius 1 is 1.18 bits per heavy atom. The molecule has 2 aromatic rings. The van der Waals surface area contributed by atoms with Gasteiger partial charge in [-0.1, -0.05) is 0 Å². The zero-order chi connectivity index (χ0) is 15.9. The summed E-state index contributed by atoms with van der Waals surface area (Å²) >= 11 is 0. The first-order valence-electron chi connectivity index (χ1n) is 6.70. The molecule has 0 bridgehead atoms. The van der Waals surface area contributed by atoms with Gasteiger partial charge in [0.2, 0.25) is 0 Å². The van der Waals surface area contributed by atoms with Crippen molar-refractivity contribution in [1.29, 1.82) is 0 Å². The van der Waals surface area contributed by atoms with Gasteiger partial charge in [-0.25, -0.2) is 9.97 Å². The molecule has 0 saturated heterocycles. The zero-order valence-electron chi connectivity index (χ0n) is 12.5. The second-order valence-corrected chi connectivity index (χ2v) is 4.54. The summed E-state index contributed by atoms with van der Waals surface area (Å²) < 4.78 is 10.6. The van der Waals surface area contributed by atoms with Crippen molar-refractivity contribution < 1.29 is 14.3 Å². The van der Waals surface area contributed by atoms with E-state index in [2.05, 4.69) is 9.97 Å². The molecule has 2 N–H and O–H groups in total. The molecule has 0 aliphatic rings. The quantitative estimate of drug-likeness (QED) is 0.862. The summed E-state index contributed by atoms with van der Waals surface area (Å²) in [5.74, 6) is 1.30. The predicted molar refractivity (Wildman–Crippen MR) is 81.9 cm³/mol. The Morgan fingerprint density at radius 2 is 1.82 bits per heavy atom. The molecular formula is C15H18N4O3. The first kappa shape index (κ1) is 15.6.